The van der Waals surface area contributed by atoms with Crippen molar-refractivity contribution < 1.29 is 26.2 Å². The van der Waals surface area contributed by atoms with Crippen LogP contribution in [0.15, 0.2) is 47.5 Å². The lowest BCUT2D eigenvalue weighted by molar-refractivity contribution is -0.137. The minimum absolute atomic E-state index is 0.0670. The van der Waals surface area contributed by atoms with E-state index in [2.05, 4.69) is 10.2 Å². The van der Waals surface area contributed by atoms with Crippen molar-refractivity contribution in [2.75, 3.05) is 4.31 Å². The van der Waals surface area contributed by atoms with Crippen molar-refractivity contribution in [2.24, 2.45) is 0 Å². The molecule has 0 bridgehead atoms. The van der Waals surface area contributed by atoms with Crippen molar-refractivity contribution >= 4 is 16.7 Å². The normalized spacial score (nSPS) is 14.6. The van der Waals surface area contributed by atoms with E-state index in [-0.39, 0.29) is 22.7 Å². The molecule has 0 spiro atoms. The van der Waals surface area contributed by atoms with E-state index < -0.39 is 34.4 Å². The van der Waals surface area contributed by atoms with Gasteiger partial charge in [0.25, 0.3) is 0 Å². The van der Waals surface area contributed by atoms with Crippen LogP contribution in [-0.4, -0.2) is 14.4 Å². The molecule has 1 unspecified atom stereocenters. The fraction of sp³-hybridized carbons (Fsp3) is 0.118. The molecule has 140 valence electrons. The molecule has 4 nitrogen and oxygen atoms in total. The topological polar surface area (TPSA) is 49.0 Å². The monoisotopic (exact) mass is 399 g/mol. The van der Waals surface area contributed by atoms with Crippen LogP contribution in [0.25, 0.3) is 11.3 Å². The summed E-state index contributed by atoms with van der Waals surface area (Å²) in [6.07, 6.45) is -3.04. The van der Waals surface area contributed by atoms with Gasteiger partial charge in [-0.25, -0.2) is 13.0 Å². The van der Waals surface area contributed by atoms with Crippen molar-refractivity contribution in [3.8, 4) is 11.3 Å². The van der Waals surface area contributed by atoms with Crippen molar-refractivity contribution in [2.45, 2.75) is 17.6 Å². The number of benzene rings is 2. The molecule has 1 N–H and O–H groups in total. The van der Waals surface area contributed by atoms with E-state index in [0.29, 0.717) is 11.3 Å². The number of aromatic nitrogens is 2. The van der Waals surface area contributed by atoms with E-state index in [1.54, 1.807) is 0 Å². The molecule has 0 amide bonds. The number of nitrogens with one attached hydrogen (secondary N) is 1. The molecule has 1 aliphatic heterocycles. The Kier molecular flexibility index (Phi) is 4.02. The molecular weight excluding hydrogens is 389 g/mol. The largest absolute Gasteiger partial charge is 0.416 e. The van der Waals surface area contributed by atoms with Gasteiger partial charge in [0, 0.05) is 17.2 Å². The molecular formula is C17H10F5N3OS. The quantitative estimate of drug-likeness (QED) is 0.649. The van der Waals surface area contributed by atoms with E-state index in [4.69, 9.17) is 0 Å². The van der Waals surface area contributed by atoms with Crippen LogP contribution in [-0.2, 0) is 23.7 Å². The summed E-state index contributed by atoms with van der Waals surface area (Å²) < 4.78 is 79.9. The lowest BCUT2D eigenvalue weighted by Gasteiger charge is -2.29. The molecule has 0 radical (unpaired) electrons. The number of hydrogen-bond donors (Lipinski definition) is 1. The van der Waals surface area contributed by atoms with Crippen molar-refractivity contribution in [1.82, 2.24) is 10.2 Å². The van der Waals surface area contributed by atoms with Crippen molar-refractivity contribution in [3.63, 3.8) is 0 Å². The number of aromatic amines is 1. The van der Waals surface area contributed by atoms with E-state index in [9.17, 15) is 26.2 Å². The number of H-pyrrole nitrogens is 1. The lowest BCUT2D eigenvalue weighted by atomic mass is 10.0. The predicted molar refractivity (Wildman–Crippen MR) is 88.0 cm³/mol. The highest BCUT2D eigenvalue weighted by Gasteiger charge is 2.32. The summed E-state index contributed by atoms with van der Waals surface area (Å²) in [5, 5.41) is 6.56. The van der Waals surface area contributed by atoms with Gasteiger partial charge in [0.2, 0.25) is 0 Å². The first-order chi connectivity index (χ1) is 12.8. The minimum atomic E-state index is -4.51. The second kappa shape index (κ2) is 6.15. The van der Waals surface area contributed by atoms with Crippen LogP contribution in [0.2, 0.25) is 0 Å². The van der Waals surface area contributed by atoms with Gasteiger partial charge in [-0.3, -0.25) is 9.40 Å². The third-order valence-corrected chi connectivity index (χ3v) is 5.59. The average molecular weight is 399 g/mol. The standard InChI is InChI=1S/C17H10F5N3OS/c18-13-5-12-15(6-14(13)19)25(8-9-7-23-24-16(9)12)27(26)11-3-1-10(2-4-11)17(20,21)22/h1-7H,8H2,(H,23,24). The zero-order chi connectivity index (χ0) is 19.3. The zero-order valence-corrected chi connectivity index (χ0v) is 14.2. The van der Waals surface area contributed by atoms with Gasteiger partial charge in [0.05, 0.1) is 34.6 Å². The zero-order valence-electron chi connectivity index (χ0n) is 13.3. The Morgan fingerprint density at radius 1 is 1.07 bits per heavy atom. The van der Waals surface area contributed by atoms with Gasteiger partial charge >= 0.3 is 6.18 Å². The number of halogens is 5. The summed E-state index contributed by atoms with van der Waals surface area (Å²) in [5.41, 5.74) is 0.641. The molecule has 4 rings (SSSR count). The smallest absolute Gasteiger partial charge is 0.282 e. The van der Waals surface area contributed by atoms with Crippen LogP contribution in [0.1, 0.15) is 11.1 Å². The number of alkyl halides is 3. The Hall–Kier alpha value is -2.75. The maximum absolute atomic E-state index is 13.8. The third-order valence-electron chi connectivity index (χ3n) is 4.19. The van der Waals surface area contributed by atoms with Gasteiger partial charge in [0.1, 0.15) is 0 Å². The highest BCUT2D eigenvalue weighted by Crippen LogP contribution is 2.41. The van der Waals surface area contributed by atoms with Crippen LogP contribution < -0.4 is 4.31 Å². The van der Waals surface area contributed by atoms with Crippen LogP contribution in [0, 0.1) is 11.6 Å². The molecule has 27 heavy (non-hydrogen) atoms. The highest BCUT2D eigenvalue weighted by molar-refractivity contribution is 7.86. The summed E-state index contributed by atoms with van der Waals surface area (Å²) in [6, 6.07) is 5.74. The Bertz CT molecular complexity index is 1050. The number of rotatable bonds is 2. The van der Waals surface area contributed by atoms with Crippen LogP contribution in [0.5, 0.6) is 0 Å². The number of nitrogens with zero attached hydrogens (tertiary/aromatic N) is 2. The first-order valence-electron chi connectivity index (χ1n) is 7.64. The maximum atomic E-state index is 13.8. The van der Waals surface area contributed by atoms with E-state index in [0.717, 1.165) is 36.4 Å². The Labute approximate surface area is 152 Å². The first-order valence-corrected chi connectivity index (χ1v) is 8.74. The van der Waals surface area contributed by atoms with E-state index >= 15 is 0 Å². The van der Waals surface area contributed by atoms with Gasteiger partial charge in [0.15, 0.2) is 22.6 Å². The molecule has 1 aromatic heterocycles. The lowest BCUT2D eigenvalue weighted by Crippen LogP contribution is -2.28. The summed E-state index contributed by atoms with van der Waals surface area (Å²) in [5.74, 6) is -2.19. The SMILES string of the molecule is O=S(c1ccc(C(F)(F)F)cc1)N1Cc2cn[nH]c2-c2cc(F)c(F)cc21. The number of fused-ring (bicyclic) bond motifs is 3. The Balaban J connectivity index is 1.77. The second-order valence-electron chi connectivity index (χ2n) is 5.86. The molecule has 1 atom stereocenters. The molecule has 10 heteroatoms. The number of anilines is 1. The van der Waals surface area contributed by atoms with Crippen LogP contribution in [0.3, 0.4) is 0 Å². The summed E-state index contributed by atoms with van der Waals surface area (Å²) in [6.45, 7) is 0.0670. The number of hydrogen-bond acceptors (Lipinski definition) is 2. The Morgan fingerprint density at radius 2 is 1.74 bits per heavy atom. The van der Waals surface area contributed by atoms with Gasteiger partial charge in [-0.2, -0.15) is 18.3 Å². The first kappa shape index (κ1) is 17.7. The molecule has 1 aliphatic rings. The summed E-state index contributed by atoms with van der Waals surface area (Å²) in [7, 11) is -1.94. The van der Waals surface area contributed by atoms with Gasteiger partial charge in [-0.15, -0.1) is 0 Å². The molecule has 0 fully saturated rings. The minimum Gasteiger partial charge on any atom is -0.282 e. The summed E-state index contributed by atoms with van der Waals surface area (Å²) in [4.78, 5) is 0.102. The van der Waals surface area contributed by atoms with Gasteiger partial charge < -0.3 is 0 Å². The fourth-order valence-electron chi connectivity index (χ4n) is 2.88. The molecule has 2 heterocycles. The van der Waals surface area contributed by atoms with Gasteiger partial charge in [-0.05, 0) is 30.3 Å². The van der Waals surface area contributed by atoms with Crippen molar-refractivity contribution in [1.29, 1.82) is 0 Å². The fourth-order valence-corrected chi connectivity index (χ4v) is 4.09. The van der Waals surface area contributed by atoms with Crippen molar-refractivity contribution in [3.05, 3.63) is 65.4 Å². The predicted octanol–water partition coefficient (Wildman–Crippen LogP) is 4.42. The molecule has 3 aromatic rings. The summed E-state index contributed by atoms with van der Waals surface area (Å²) >= 11 is 0. The second-order valence-corrected chi connectivity index (χ2v) is 7.27. The molecule has 0 saturated carbocycles. The van der Waals surface area contributed by atoms with Crippen LogP contribution >= 0.6 is 0 Å². The van der Waals surface area contributed by atoms with E-state index in [1.807, 2.05) is 0 Å². The molecule has 0 saturated heterocycles. The van der Waals surface area contributed by atoms with Crippen LogP contribution in [0.4, 0.5) is 27.6 Å². The molecule has 2 aromatic carbocycles. The van der Waals surface area contributed by atoms with Gasteiger partial charge in [-0.1, -0.05) is 0 Å². The Morgan fingerprint density at radius 3 is 2.41 bits per heavy atom. The highest BCUT2D eigenvalue weighted by atomic mass is 32.2. The molecule has 0 aliphatic carbocycles. The average Bonchev–Trinajstić information content (AvgIpc) is 3.10. The van der Waals surface area contributed by atoms with E-state index in [1.165, 1.54) is 10.5 Å². The third kappa shape index (κ3) is 2.99. The maximum Gasteiger partial charge on any atom is 0.416 e.